The third-order valence-electron chi connectivity index (χ3n) is 2.75. The molecule has 1 unspecified atom stereocenters. The first-order valence-corrected chi connectivity index (χ1v) is 5.85. The van der Waals surface area contributed by atoms with Gasteiger partial charge >= 0.3 is 5.97 Å². The van der Waals surface area contributed by atoms with E-state index in [0.717, 1.165) is 5.56 Å². The fraction of sp³-hybridized carbons (Fsp3) is 0.462. The number of carbonyl (C=O) groups is 1. The molecule has 0 heterocycles. The summed E-state index contributed by atoms with van der Waals surface area (Å²) >= 11 is 5.70. The first kappa shape index (κ1) is 14.0. The van der Waals surface area contributed by atoms with Gasteiger partial charge in [-0.1, -0.05) is 31.5 Å². The molecule has 0 aliphatic rings. The number of rotatable bonds is 4. The average Bonchev–Trinajstić information content (AvgIpc) is 2.29. The van der Waals surface area contributed by atoms with Gasteiger partial charge < -0.3 is 4.74 Å². The lowest BCUT2D eigenvalue weighted by Gasteiger charge is -2.18. The highest BCUT2D eigenvalue weighted by Crippen LogP contribution is 2.22. The maximum Gasteiger partial charge on any atom is 0.309 e. The molecule has 0 aliphatic carbocycles. The number of halogens is 2. The summed E-state index contributed by atoms with van der Waals surface area (Å²) in [5.41, 5.74) is 0.834. The van der Waals surface area contributed by atoms with E-state index in [2.05, 4.69) is 0 Å². The van der Waals surface area contributed by atoms with Crippen LogP contribution in [0.3, 0.4) is 0 Å². The summed E-state index contributed by atoms with van der Waals surface area (Å²) in [4.78, 5) is 11.6. The van der Waals surface area contributed by atoms with Gasteiger partial charge in [-0.3, -0.25) is 4.79 Å². The Morgan fingerprint density at radius 3 is 2.59 bits per heavy atom. The quantitative estimate of drug-likeness (QED) is 0.773. The fourth-order valence-electron chi connectivity index (χ4n) is 1.66. The van der Waals surface area contributed by atoms with Gasteiger partial charge in [0, 0.05) is 0 Å². The average molecular weight is 259 g/mol. The van der Waals surface area contributed by atoms with Gasteiger partial charge in [0.1, 0.15) is 5.82 Å². The number of hydrogen-bond donors (Lipinski definition) is 0. The van der Waals surface area contributed by atoms with Crippen molar-refractivity contribution < 1.29 is 13.9 Å². The van der Waals surface area contributed by atoms with E-state index in [-0.39, 0.29) is 22.8 Å². The highest BCUT2D eigenvalue weighted by molar-refractivity contribution is 6.30. The van der Waals surface area contributed by atoms with E-state index in [1.54, 1.807) is 12.1 Å². The van der Waals surface area contributed by atoms with Gasteiger partial charge in [0.15, 0.2) is 0 Å². The molecule has 0 spiro atoms. The molecule has 1 atom stereocenters. The SMILES string of the molecule is COC(=O)C(Cc1ccc(F)c(Cl)c1)C(C)C. The fourth-order valence-corrected chi connectivity index (χ4v) is 1.87. The van der Waals surface area contributed by atoms with Crippen molar-refractivity contribution in [2.75, 3.05) is 7.11 Å². The van der Waals surface area contributed by atoms with Crippen molar-refractivity contribution in [2.45, 2.75) is 20.3 Å². The summed E-state index contributed by atoms with van der Waals surface area (Å²) in [6, 6.07) is 4.50. The van der Waals surface area contributed by atoms with Gasteiger partial charge in [-0.15, -0.1) is 0 Å². The second kappa shape index (κ2) is 6.01. The van der Waals surface area contributed by atoms with E-state index in [0.29, 0.717) is 6.42 Å². The van der Waals surface area contributed by atoms with Crippen LogP contribution in [0.15, 0.2) is 18.2 Å². The molecule has 1 aromatic carbocycles. The zero-order chi connectivity index (χ0) is 13.0. The Labute approximate surface area is 106 Å². The molecule has 1 rings (SSSR count). The molecule has 94 valence electrons. The molecule has 17 heavy (non-hydrogen) atoms. The normalized spacial score (nSPS) is 12.6. The largest absolute Gasteiger partial charge is 0.469 e. The van der Waals surface area contributed by atoms with Crippen LogP contribution in [-0.4, -0.2) is 13.1 Å². The number of ether oxygens (including phenoxy) is 1. The predicted octanol–water partition coefficient (Wildman–Crippen LogP) is 3.47. The predicted molar refractivity (Wildman–Crippen MR) is 65.5 cm³/mol. The van der Waals surface area contributed by atoms with Crippen molar-refractivity contribution in [3.63, 3.8) is 0 Å². The minimum absolute atomic E-state index is 0.0786. The zero-order valence-electron chi connectivity index (χ0n) is 10.2. The van der Waals surface area contributed by atoms with Gasteiger partial charge in [0.2, 0.25) is 0 Å². The molecule has 0 saturated heterocycles. The molecule has 0 saturated carbocycles. The molecule has 0 aliphatic heterocycles. The Hall–Kier alpha value is -1.09. The van der Waals surface area contributed by atoms with E-state index in [4.69, 9.17) is 16.3 Å². The molecule has 0 bridgehead atoms. The van der Waals surface area contributed by atoms with Crippen molar-refractivity contribution in [3.05, 3.63) is 34.6 Å². The van der Waals surface area contributed by atoms with Gasteiger partial charge in [-0.25, -0.2) is 4.39 Å². The van der Waals surface area contributed by atoms with Gasteiger partial charge in [0.05, 0.1) is 18.1 Å². The van der Waals surface area contributed by atoms with Crippen LogP contribution in [0.25, 0.3) is 0 Å². The van der Waals surface area contributed by atoms with Gasteiger partial charge in [-0.05, 0) is 30.0 Å². The van der Waals surface area contributed by atoms with Crippen LogP contribution in [0.4, 0.5) is 4.39 Å². The van der Waals surface area contributed by atoms with Crippen molar-refractivity contribution in [2.24, 2.45) is 11.8 Å². The standard InChI is InChI=1S/C13H16ClFO2/c1-8(2)10(13(16)17-3)6-9-4-5-12(15)11(14)7-9/h4-5,7-8,10H,6H2,1-3H3. The molecule has 0 fully saturated rings. The maximum atomic E-state index is 13.0. The molecule has 1 aromatic rings. The van der Waals surface area contributed by atoms with Crippen LogP contribution in [0, 0.1) is 17.7 Å². The lowest BCUT2D eigenvalue weighted by Crippen LogP contribution is -2.23. The zero-order valence-corrected chi connectivity index (χ0v) is 10.9. The monoisotopic (exact) mass is 258 g/mol. The molecular formula is C13H16ClFO2. The van der Waals surface area contributed by atoms with Gasteiger partial charge in [-0.2, -0.15) is 0 Å². The highest BCUT2D eigenvalue weighted by atomic mass is 35.5. The van der Waals surface area contributed by atoms with Crippen LogP contribution in [-0.2, 0) is 16.0 Å². The lowest BCUT2D eigenvalue weighted by atomic mass is 9.89. The van der Waals surface area contributed by atoms with Crippen molar-refractivity contribution in [1.82, 2.24) is 0 Å². The molecule has 0 radical (unpaired) electrons. The summed E-state index contributed by atoms with van der Waals surface area (Å²) in [7, 11) is 1.37. The van der Waals surface area contributed by atoms with Crippen LogP contribution < -0.4 is 0 Å². The van der Waals surface area contributed by atoms with E-state index >= 15 is 0 Å². The Morgan fingerprint density at radius 1 is 1.47 bits per heavy atom. The van der Waals surface area contributed by atoms with E-state index < -0.39 is 5.82 Å². The van der Waals surface area contributed by atoms with Crippen LogP contribution in [0.1, 0.15) is 19.4 Å². The first-order chi connectivity index (χ1) is 7.95. The molecule has 0 amide bonds. The lowest BCUT2D eigenvalue weighted by molar-refractivity contribution is -0.146. The number of methoxy groups -OCH3 is 1. The second-order valence-electron chi connectivity index (χ2n) is 4.33. The van der Waals surface area contributed by atoms with Crippen molar-refractivity contribution in [1.29, 1.82) is 0 Å². The Morgan fingerprint density at radius 2 is 2.12 bits per heavy atom. The number of hydrogen-bond acceptors (Lipinski definition) is 2. The second-order valence-corrected chi connectivity index (χ2v) is 4.73. The third kappa shape index (κ3) is 3.70. The summed E-state index contributed by atoms with van der Waals surface area (Å²) in [5.74, 6) is -0.775. The molecule has 0 aromatic heterocycles. The molecular weight excluding hydrogens is 243 g/mol. The van der Waals surface area contributed by atoms with Gasteiger partial charge in [0.25, 0.3) is 0 Å². The summed E-state index contributed by atoms with van der Waals surface area (Å²) in [6.45, 7) is 3.90. The van der Waals surface area contributed by atoms with E-state index in [1.165, 1.54) is 13.2 Å². The van der Waals surface area contributed by atoms with Crippen molar-refractivity contribution in [3.8, 4) is 0 Å². The van der Waals surface area contributed by atoms with Crippen molar-refractivity contribution >= 4 is 17.6 Å². The number of carbonyl (C=O) groups excluding carboxylic acids is 1. The Bertz CT molecular complexity index is 404. The summed E-state index contributed by atoms with van der Waals surface area (Å²) in [5, 5.41) is 0.0786. The summed E-state index contributed by atoms with van der Waals surface area (Å²) in [6.07, 6.45) is 0.504. The molecule has 2 nitrogen and oxygen atoms in total. The first-order valence-electron chi connectivity index (χ1n) is 5.47. The van der Waals surface area contributed by atoms with Crippen LogP contribution in [0.5, 0.6) is 0 Å². The van der Waals surface area contributed by atoms with Crippen LogP contribution in [0.2, 0.25) is 5.02 Å². The molecule has 0 N–H and O–H groups in total. The Kier molecular flexibility index (Phi) is 4.94. The van der Waals surface area contributed by atoms with Crippen LogP contribution >= 0.6 is 11.6 Å². The molecule has 4 heteroatoms. The number of benzene rings is 1. The highest BCUT2D eigenvalue weighted by Gasteiger charge is 2.23. The van der Waals surface area contributed by atoms with E-state index in [1.807, 2.05) is 13.8 Å². The maximum absolute atomic E-state index is 13.0. The third-order valence-corrected chi connectivity index (χ3v) is 3.04. The summed E-state index contributed by atoms with van der Waals surface area (Å²) < 4.78 is 17.7. The number of esters is 1. The van der Waals surface area contributed by atoms with E-state index in [9.17, 15) is 9.18 Å². The minimum Gasteiger partial charge on any atom is -0.469 e. The Balaban J connectivity index is 2.86. The minimum atomic E-state index is -0.449. The smallest absolute Gasteiger partial charge is 0.309 e. The topological polar surface area (TPSA) is 26.3 Å².